The van der Waals surface area contributed by atoms with Crippen LogP contribution < -0.4 is 0 Å². The molecule has 0 aliphatic heterocycles. The topological polar surface area (TPSA) is 63.1 Å². The van der Waals surface area contributed by atoms with E-state index in [0.29, 0.717) is 16.5 Å². The van der Waals surface area contributed by atoms with Crippen LogP contribution in [-0.4, -0.2) is 26.8 Å². The number of carbonyl (C=O) groups is 1. The van der Waals surface area contributed by atoms with Crippen LogP contribution in [0.1, 0.15) is 54.5 Å². The Morgan fingerprint density at radius 2 is 1.94 bits per heavy atom. The largest absolute Gasteiger partial charge is 0.478 e. The van der Waals surface area contributed by atoms with Crippen molar-refractivity contribution >= 4 is 17.7 Å². The van der Waals surface area contributed by atoms with Crippen LogP contribution in [0.15, 0.2) is 5.03 Å². The summed E-state index contributed by atoms with van der Waals surface area (Å²) < 4.78 is 0. The van der Waals surface area contributed by atoms with Crippen molar-refractivity contribution < 1.29 is 9.90 Å². The maximum atomic E-state index is 11.2. The molecule has 0 aliphatic carbocycles. The van der Waals surface area contributed by atoms with Gasteiger partial charge in [0, 0.05) is 0 Å². The third-order valence-electron chi connectivity index (χ3n) is 2.62. The summed E-state index contributed by atoms with van der Waals surface area (Å²) in [4.78, 5) is 19.5. The normalized spacial score (nSPS) is 10.6. The molecule has 0 bridgehead atoms. The molecular formula is C13H20N2O2S. The van der Waals surface area contributed by atoms with Gasteiger partial charge in [-0.1, -0.05) is 26.2 Å². The molecule has 1 rings (SSSR count). The van der Waals surface area contributed by atoms with E-state index in [0.717, 1.165) is 12.2 Å². The van der Waals surface area contributed by atoms with E-state index in [1.165, 1.54) is 31.0 Å². The zero-order valence-electron chi connectivity index (χ0n) is 11.2. The smallest absolute Gasteiger partial charge is 0.340 e. The number of hydrogen-bond donors (Lipinski definition) is 1. The highest BCUT2D eigenvalue weighted by atomic mass is 32.2. The van der Waals surface area contributed by atoms with Crippen LogP contribution in [0.2, 0.25) is 0 Å². The molecule has 1 aromatic rings. The second-order valence-corrected chi connectivity index (χ2v) is 5.33. The number of unbranched alkanes of at least 4 members (excludes halogenated alkanes) is 3. The highest BCUT2D eigenvalue weighted by molar-refractivity contribution is 7.99. The Balaban J connectivity index is 2.71. The van der Waals surface area contributed by atoms with Gasteiger partial charge in [-0.25, -0.2) is 14.8 Å². The molecule has 0 aliphatic rings. The molecule has 0 atom stereocenters. The third kappa shape index (κ3) is 4.29. The van der Waals surface area contributed by atoms with Crippen molar-refractivity contribution in [3.63, 3.8) is 0 Å². The Labute approximate surface area is 112 Å². The second-order valence-electron chi connectivity index (χ2n) is 4.25. The quantitative estimate of drug-likeness (QED) is 0.466. The first-order valence-corrected chi connectivity index (χ1v) is 7.26. The minimum atomic E-state index is -0.941. The van der Waals surface area contributed by atoms with Crippen LogP contribution in [0.5, 0.6) is 0 Å². The van der Waals surface area contributed by atoms with Crippen molar-refractivity contribution in [2.24, 2.45) is 0 Å². The van der Waals surface area contributed by atoms with E-state index in [4.69, 9.17) is 0 Å². The first-order chi connectivity index (χ1) is 8.56. The van der Waals surface area contributed by atoms with Crippen LogP contribution in [0.25, 0.3) is 0 Å². The zero-order chi connectivity index (χ0) is 13.5. The molecule has 0 radical (unpaired) electrons. The molecule has 0 spiro atoms. The van der Waals surface area contributed by atoms with Gasteiger partial charge in [-0.15, -0.1) is 11.8 Å². The third-order valence-corrected chi connectivity index (χ3v) is 3.68. The molecule has 1 heterocycles. The fourth-order valence-electron chi connectivity index (χ4n) is 1.73. The lowest BCUT2D eigenvalue weighted by atomic mass is 10.2. The van der Waals surface area contributed by atoms with E-state index in [1.54, 1.807) is 13.8 Å². The number of aromatic nitrogens is 2. The van der Waals surface area contributed by atoms with Gasteiger partial charge in [-0.2, -0.15) is 0 Å². The standard InChI is InChI=1S/C13H20N2O2S/c1-4-5-6-7-8-18-12-11(13(16)17)9(2)14-10(3)15-12/h4-8H2,1-3H3,(H,16,17). The Bertz CT molecular complexity index is 422. The summed E-state index contributed by atoms with van der Waals surface area (Å²) in [6.45, 7) is 5.69. The van der Waals surface area contributed by atoms with Gasteiger partial charge >= 0.3 is 5.97 Å². The highest BCUT2D eigenvalue weighted by Gasteiger charge is 2.16. The first-order valence-electron chi connectivity index (χ1n) is 6.27. The van der Waals surface area contributed by atoms with E-state index in [9.17, 15) is 9.90 Å². The van der Waals surface area contributed by atoms with Gasteiger partial charge in [-0.3, -0.25) is 0 Å². The van der Waals surface area contributed by atoms with Gasteiger partial charge in [0.25, 0.3) is 0 Å². The van der Waals surface area contributed by atoms with E-state index in [2.05, 4.69) is 16.9 Å². The SMILES string of the molecule is CCCCCCSc1nc(C)nc(C)c1C(=O)O. The molecule has 1 aromatic heterocycles. The average Bonchev–Trinajstić information content (AvgIpc) is 2.27. The van der Waals surface area contributed by atoms with E-state index in [-0.39, 0.29) is 5.56 Å². The molecular weight excluding hydrogens is 248 g/mol. The molecule has 0 aromatic carbocycles. The maximum Gasteiger partial charge on any atom is 0.340 e. The van der Waals surface area contributed by atoms with Crippen molar-refractivity contribution in [2.45, 2.75) is 51.5 Å². The fraction of sp³-hybridized carbons (Fsp3) is 0.615. The molecule has 0 saturated carbocycles. The second kappa shape index (κ2) is 7.36. The summed E-state index contributed by atoms with van der Waals surface area (Å²) >= 11 is 1.52. The minimum Gasteiger partial charge on any atom is -0.478 e. The lowest BCUT2D eigenvalue weighted by Crippen LogP contribution is -2.08. The Morgan fingerprint density at radius 3 is 2.56 bits per heavy atom. The van der Waals surface area contributed by atoms with Crippen LogP contribution in [-0.2, 0) is 0 Å². The summed E-state index contributed by atoms with van der Waals surface area (Å²) in [5, 5.41) is 9.79. The van der Waals surface area contributed by atoms with E-state index in [1.807, 2.05) is 0 Å². The number of carboxylic acids is 1. The van der Waals surface area contributed by atoms with Crippen molar-refractivity contribution in [1.82, 2.24) is 9.97 Å². The number of aryl methyl sites for hydroxylation is 2. The van der Waals surface area contributed by atoms with Gasteiger partial charge in [0.05, 0.1) is 5.69 Å². The molecule has 100 valence electrons. The van der Waals surface area contributed by atoms with Gasteiger partial charge in [0.2, 0.25) is 0 Å². The van der Waals surface area contributed by atoms with Crippen molar-refractivity contribution in [1.29, 1.82) is 0 Å². The molecule has 5 heteroatoms. The molecule has 0 saturated heterocycles. The summed E-state index contributed by atoms with van der Waals surface area (Å²) in [7, 11) is 0. The molecule has 1 N–H and O–H groups in total. The van der Waals surface area contributed by atoms with Gasteiger partial charge in [-0.05, 0) is 26.0 Å². The maximum absolute atomic E-state index is 11.2. The van der Waals surface area contributed by atoms with Gasteiger partial charge in [0.1, 0.15) is 16.4 Å². The number of hydrogen-bond acceptors (Lipinski definition) is 4. The molecule has 0 amide bonds. The highest BCUT2D eigenvalue weighted by Crippen LogP contribution is 2.24. The van der Waals surface area contributed by atoms with E-state index >= 15 is 0 Å². The van der Waals surface area contributed by atoms with E-state index < -0.39 is 5.97 Å². The number of thioether (sulfide) groups is 1. The Hall–Kier alpha value is -1.10. The van der Waals surface area contributed by atoms with Crippen molar-refractivity contribution in [3.05, 3.63) is 17.1 Å². The average molecular weight is 268 g/mol. The van der Waals surface area contributed by atoms with Gasteiger partial charge < -0.3 is 5.11 Å². The lowest BCUT2D eigenvalue weighted by Gasteiger charge is -2.08. The minimum absolute atomic E-state index is 0.251. The Kier molecular flexibility index (Phi) is 6.12. The van der Waals surface area contributed by atoms with Crippen LogP contribution in [0.4, 0.5) is 0 Å². The summed E-state index contributed by atoms with van der Waals surface area (Å²) in [5.74, 6) is 0.605. The fourth-order valence-corrected chi connectivity index (χ4v) is 2.85. The summed E-state index contributed by atoms with van der Waals surface area (Å²) in [6, 6.07) is 0. The molecule has 4 nitrogen and oxygen atoms in total. The Morgan fingerprint density at radius 1 is 1.22 bits per heavy atom. The zero-order valence-corrected chi connectivity index (χ0v) is 12.0. The summed E-state index contributed by atoms with van der Waals surface area (Å²) in [5.41, 5.74) is 0.798. The number of nitrogens with zero attached hydrogens (tertiary/aromatic N) is 2. The number of aromatic carboxylic acids is 1. The lowest BCUT2D eigenvalue weighted by molar-refractivity contribution is 0.0690. The van der Waals surface area contributed by atoms with Crippen LogP contribution in [0.3, 0.4) is 0 Å². The number of carboxylic acid groups (broad SMARTS) is 1. The molecule has 0 unspecified atom stereocenters. The predicted molar refractivity (Wildman–Crippen MR) is 73.3 cm³/mol. The van der Waals surface area contributed by atoms with Crippen molar-refractivity contribution in [3.8, 4) is 0 Å². The first kappa shape index (κ1) is 15.0. The predicted octanol–water partition coefficient (Wildman–Crippen LogP) is 3.46. The summed E-state index contributed by atoms with van der Waals surface area (Å²) in [6.07, 6.45) is 4.72. The van der Waals surface area contributed by atoms with Crippen molar-refractivity contribution in [2.75, 3.05) is 5.75 Å². The number of rotatable bonds is 7. The monoisotopic (exact) mass is 268 g/mol. The van der Waals surface area contributed by atoms with Crippen LogP contribution >= 0.6 is 11.8 Å². The van der Waals surface area contributed by atoms with Crippen LogP contribution in [0, 0.1) is 13.8 Å². The van der Waals surface area contributed by atoms with Gasteiger partial charge in [0.15, 0.2) is 0 Å². The molecule has 18 heavy (non-hydrogen) atoms. The molecule has 0 fully saturated rings.